The van der Waals surface area contributed by atoms with Crippen LogP contribution in [-0.4, -0.2) is 19.7 Å². The summed E-state index contributed by atoms with van der Waals surface area (Å²) in [7, 11) is 1.42. The first-order chi connectivity index (χ1) is 7.31. The lowest BCUT2D eigenvalue weighted by molar-refractivity contribution is -0.140. The van der Waals surface area contributed by atoms with Gasteiger partial charge in [0.2, 0.25) is 0 Å². The molecule has 0 N–H and O–H groups in total. The highest BCUT2D eigenvalue weighted by Crippen LogP contribution is 2.35. The zero-order valence-corrected chi connectivity index (χ0v) is 8.73. The van der Waals surface area contributed by atoms with Crippen LogP contribution in [0.1, 0.15) is 24.3 Å². The van der Waals surface area contributed by atoms with Crippen LogP contribution in [0.3, 0.4) is 0 Å². The molecule has 1 aliphatic rings. The van der Waals surface area contributed by atoms with E-state index in [4.69, 9.17) is 4.74 Å². The molecule has 1 aromatic carbocycles. The maximum Gasteiger partial charge on any atom is 0.305 e. The summed E-state index contributed by atoms with van der Waals surface area (Å²) in [5.74, 6) is 1.13. The average Bonchev–Trinajstić information content (AvgIpc) is 2.69. The fourth-order valence-corrected chi connectivity index (χ4v) is 1.86. The molecule has 1 heterocycles. The van der Waals surface area contributed by atoms with Crippen molar-refractivity contribution in [3.63, 3.8) is 0 Å². The summed E-state index contributed by atoms with van der Waals surface area (Å²) in [6.45, 7) is 0.677. The fraction of sp³-hybridized carbons (Fsp3) is 0.417. The van der Waals surface area contributed by atoms with Crippen molar-refractivity contribution in [2.75, 3.05) is 13.7 Å². The molecular weight excluding hydrogens is 192 g/mol. The third kappa shape index (κ3) is 2.12. The molecule has 3 heteroatoms. The zero-order valence-electron chi connectivity index (χ0n) is 8.73. The van der Waals surface area contributed by atoms with E-state index >= 15 is 0 Å². The number of carbonyl (C=O) groups is 1. The van der Waals surface area contributed by atoms with Crippen LogP contribution in [0, 0.1) is 0 Å². The van der Waals surface area contributed by atoms with Gasteiger partial charge in [-0.05, 0) is 12.5 Å². The third-order valence-electron chi connectivity index (χ3n) is 2.72. The van der Waals surface area contributed by atoms with E-state index in [1.807, 2.05) is 18.2 Å². The summed E-state index contributed by atoms with van der Waals surface area (Å²) in [6.07, 6.45) is 1.25. The molecule has 1 aromatic rings. The Morgan fingerprint density at radius 1 is 1.53 bits per heavy atom. The van der Waals surface area contributed by atoms with Crippen molar-refractivity contribution in [3.8, 4) is 5.75 Å². The maximum absolute atomic E-state index is 11.0. The molecule has 15 heavy (non-hydrogen) atoms. The van der Waals surface area contributed by atoms with Crippen molar-refractivity contribution in [1.29, 1.82) is 0 Å². The minimum atomic E-state index is -0.153. The minimum Gasteiger partial charge on any atom is -0.493 e. The second-order valence-electron chi connectivity index (χ2n) is 3.66. The van der Waals surface area contributed by atoms with Gasteiger partial charge in [-0.3, -0.25) is 4.79 Å². The zero-order chi connectivity index (χ0) is 10.7. The predicted octanol–water partition coefficient (Wildman–Crippen LogP) is 2.12. The Labute approximate surface area is 89.0 Å². The van der Waals surface area contributed by atoms with Crippen LogP contribution < -0.4 is 4.74 Å². The number of ether oxygens (including phenoxy) is 2. The molecule has 0 spiro atoms. The second-order valence-corrected chi connectivity index (χ2v) is 3.66. The Kier molecular flexibility index (Phi) is 2.90. The Hall–Kier alpha value is -1.51. The first kappa shape index (κ1) is 10.0. The molecule has 2 rings (SSSR count). The molecule has 0 radical (unpaired) electrons. The van der Waals surface area contributed by atoms with Gasteiger partial charge in [-0.1, -0.05) is 18.2 Å². The predicted molar refractivity (Wildman–Crippen MR) is 55.9 cm³/mol. The molecule has 0 aliphatic carbocycles. The Balaban J connectivity index is 1.99. The monoisotopic (exact) mass is 206 g/mol. The number of para-hydroxylation sites is 1. The summed E-state index contributed by atoms with van der Waals surface area (Å²) < 4.78 is 10.1. The number of benzene rings is 1. The van der Waals surface area contributed by atoms with Gasteiger partial charge in [0.15, 0.2) is 0 Å². The van der Waals surface area contributed by atoms with Crippen LogP contribution in [0.5, 0.6) is 5.75 Å². The van der Waals surface area contributed by atoms with E-state index in [2.05, 4.69) is 10.8 Å². The van der Waals surface area contributed by atoms with Crippen LogP contribution in [0.25, 0.3) is 0 Å². The Morgan fingerprint density at radius 2 is 2.33 bits per heavy atom. The summed E-state index contributed by atoms with van der Waals surface area (Å²) in [4.78, 5) is 11.0. The van der Waals surface area contributed by atoms with Gasteiger partial charge in [0.05, 0.1) is 13.7 Å². The normalized spacial score (nSPS) is 18.1. The van der Waals surface area contributed by atoms with E-state index in [1.54, 1.807) is 0 Å². The van der Waals surface area contributed by atoms with E-state index in [9.17, 15) is 4.79 Å². The van der Waals surface area contributed by atoms with Crippen molar-refractivity contribution in [2.45, 2.75) is 18.8 Å². The van der Waals surface area contributed by atoms with E-state index in [0.717, 1.165) is 12.2 Å². The van der Waals surface area contributed by atoms with Gasteiger partial charge in [0.1, 0.15) is 5.75 Å². The molecule has 80 valence electrons. The number of fused-ring (bicyclic) bond motifs is 1. The first-order valence-electron chi connectivity index (χ1n) is 5.10. The molecule has 3 nitrogen and oxygen atoms in total. The Bertz CT molecular complexity index is 360. The van der Waals surface area contributed by atoms with Crippen LogP contribution >= 0.6 is 0 Å². The molecule has 0 unspecified atom stereocenters. The molecule has 1 aliphatic heterocycles. The van der Waals surface area contributed by atoms with E-state index in [1.165, 1.54) is 12.7 Å². The maximum atomic E-state index is 11.0. The van der Waals surface area contributed by atoms with Crippen molar-refractivity contribution >= 4 is 5.97 Å². The van der Waals surface area contributed by atoms with E-state index in [-0.39, 0.29) is 5.97 Å². The van der Waals surface area contributed by atoms with Crippen LogP contribution in [-0.2, 0) is 9.53 Å². The standard InChI is InChI=1S/C12H14O3/c1-14-12(13)7-6-9-8-15-11-5-3-2-4-10(9)11/h2-5,9H,6-8H2,1H3/t9-/m1/s1. The highest BCUT2D eigenvalue weighted by molar-refractivity contribution is 5.69. The molecule has 0 saturated carbocycles. The summed E-state index contributed by atoms with van der Waals surface area (Å²) in [5.41, 5.74) is 1.21. The smallest absolute Gasteiger partial charge is 0.305 e. The number of hydrogen-bond donors (Lipinski definition) is 0. The summed E-state index contributed by atoms with van der Waals surface area (Å²) >= 11 is 0. The first-order valence-corrected chi connectivity index (χ1v) is 5.10. The van der Waals surface area contributed by atoms with Gasteiger partial charge >= 0.3 is 5.97 Å². The SMILES string of the molecule is COC(=O)CC[C@@H]1COc2ccccc21. The molecule has 0 amide bonds. The van der Waals surface area contributed by atoms with Crippen LogP contribution in [0.2, 0.25) is 0 Å². The van der Waals surface area contributed by atoms with Gasteiger partial charge in [0.25, 0.3) is 0 Å². The van der Waals surface area contributed by atoms with Crippen molar-refractivity contribution in [1.82, 2.24) is 0 Å². The highest BCUT2D eigenvalue weighted by Gasteiger charge is 2.23. The van der Waals surface area contributed by atoms with Gasteiger partial charge < -0.3 is 9.47 Å². The number of methoxy groups -OCH3 is 1. The molecule has 0 saturated heterocycles. The lowest BCUT2D eigenvalue weighted by Gasteiger charge is -2.06. The summed E-state index contributed by atoms with van der Waals surface area (Å²) in [6, 6.07) is 7.98. The third-order valence-corrected chi connectivity index (χ3v) is 2.72. The number of esters is 1. The quantitative estimate of drug-likeness (QED) is 0.710. The van der Waals surface area contributed by atoms with Crippen LogP contribution in [0.4, 0.5) is 0 Å². The molecule has 0 fully saturated rings. The van der Waals surface area contributed by atoms with Gasteiger partial charge in [-0.15, -0.1) is 0 Å². The van der Waals surface area contributed by atoms with Crippen molar-refractivity contribution < 1.29 is 14.3 Å². The Morgan fingerprint density at radius 3 is 3.13 bits per heavy atom. The van der Waals surface area contributed by atoms with Crippen molar-refractivity contribution in [2.24, 2.45) is 0 Å². The van der Waals surface area contributed by atoms with Gasteiger partial charge in [-0.25, -0.2) is 0 Å². The van der Waals surface area contributed by atoms with Gasteiger partial charge in [0, 0.05) is 17.9 Å². The lowest BCUT2D eigenvalue weighted by atomic mass is 9.96. The topological polar surface area (TPSA) is 35.5 Å². The molecule has 1 atom stereocenters. The second kappa shape index (κ2) is 4.34. The van der Waals surface area contributed by atoms with Gasteiger partial charge in [-0.2, -0.15) is 0 Å². The highest BCUT2D eigenvalue weighted by atomic mass is 16.5. The number of rotatable bonds is 3. The number of hydrogen-bond acceptors (Lipinski definition) is 3. The molecular formula is C12H14O3. The summed E-state index contributed by atoms with van der Waals surface area (Å²) in [5, 5.41) is 0. The van der Waals surface area contributed by atoms with E-state index in [0.29, 0.717) is 18.9 Å². The van der Waals surface area contributed by atoms with E-state index < -0.39 is 0 Å². The average molecular weight is 206 g/mol. The molecule has 0 bridgehead atoms. The number of carbonyl (C=O) groups excluding carboxylic acids is 1. The fourth-order valence-electron chi connectivity index (χ4n) is 1.86. The molecule has 0 aromatic heterocycles. The lowest BCUT2D eigenvalue weighted by Crippen LogP contribution is -2.06. The minimum absolute atomic E-state index is 0.153. The van der Waals surface area contributed by atoms with Crippen LogP contribution in [0.15, 0.2) is 24.3 Å². The largest absolute Gasteiger partial charge is 0.493 e. The van der Waals surface area contributed by atoms with Crippen molar-refractivity contribution in [3.05, 3.63) is 29.8 Å².